The van der Waals surface area contributed by atoms with Crippen LogP contribution in [-0.2, 0) is 11.2 Å². The number of aryl methyl sites for hydroxylation is 1. The van der Waals surface area contributed by atoms with Crippen molar-refractivity contribution >= 4 is 6.03 Å². The van der Waals surface area contributed by atoms with Gasteiger partial charge in [0.05, 0.1) is 18.8 Å². The van der Waals surface area contributed by atoms with Crippen LogP contribution in [0.4, 0.5) is 4.79 Å². The number of rotatable bonds is 4. The number of phenolic OH excluding ortho intramolecular Hbond substituents is 1. The second-order valence-electron chi connectivity index (χ2n) is 7.22. The molecule has 2 aliphatic rings. The molecule has 1 aliphatic heterocycles. The summed E-state index contributed by atoms with van der Waals surface area (Å²) in [6.07, 6.45) is 6.33. The summed E-state index contributed by atoms with van der Waals surface area (Å²) in [6.45, 7) is 4.10. The highest BCUT2D eigenvalue weighted by Crippen LogP contribution is 2.35. The lowest BCUT2D eigenvalue weighted by Crippen LogP contribution is -2.55. The largest absolute Gasteiger partial charge is 0.508 e. The molecular weight excluding hydrogens is 304 g/mol. The highest BCUT2D eigenvalue weighted by molar-refractivity contribution is 5.74. The topological polar surface area (TPSA) is 61.8 Å². The molecule has 2 N–H and O–H groups in total. The molecule has 1 aliphatic carbocycles. The van der Waals surface area contributed by atoms with Crippen LogP contribution < -0.4 is 5.32 Å². The van der Waals surface area contributed by atoms with Gasteiger partial charge in [-0.15, -0.1) is 0 Å². The van der Waals surface area contributed by atoms with Gasteiger partial charge < -0.3 is 20.1 Å². The van der Waals surface area contributed by atoms with Crippen LogP contribution in [0.5, 0.6) is 5.75 Å². The van der Waals surface area contributed by atoms with E-state index in [9.17, 15) is 9.90 Å². The number of urea groups is 1. The van der Waals surface area contributed by atoms with Gasteiger partial charge in [0, 0.05) is 12.6 Å². The lowest BCUT2D eigenvalue weighted by atomic mass is 10.00. The van der Waals surface area contributed by atoms with Crippen LogP contribution >= 0.6 is 0 Å². The average molecular weight is 332 g/mol. The van der Waals surface area contributed by atoms with E-state index in [-0.39, 0.29) is 23.4 Å². The number of aromatic hydroxyl groups is 1. The van der Waals surface area contributed by atoms with Crippen LogP contribution in [0.25, 0.3) is 0 Å². The van der Waals surface area contributed by atoms with Crippen molar-refractivity contribution in [2.75, 3.05) is 19.7 Å². The van der Waals surface area contributed by atoms with Crippen molar-refractivity contribution < 1.29 is 14.6 Å². The fourth-order valence-electron chi connectivity index (χ4n) is 3.76. The van der Waals surface area contributed by atoms with Gasteiger partial charge >= 0.3 is 6.03 Å². The van der Waals surface area contributed by atoms with Crippen molar-refractivity contribution in [3.05, 3.63) is 29.8 Å². The van der Waals surface area contributed by atoms with Gasteiger partial charge in [-0.05, 0) is 50.3 Å². The summed E-state index contributed by atoms with van der Waals surface area (Å²) in [7, 11) is 0. The predicted molar refractivity (Wildman–Crippen MR) is 93.1 cm³/mol. The van der Waals surface area contributed by atoms with Crippen molar-refractivity contribution in [3.8, 4) is 5.75 Å². The molecule has 5 nitrogen and oxygen atoms in total. The van der Waals surface area contributed by atoms with Crippen molar-refractivity contribution in [2.24, 2.45) is 0 Å². The summed E-state index contributed by atoms with van der Waals surface area (Å²) in [5.74, 6) is 0.285. The van der Waals surface area contributed by atoms with E-state index < -0.39 is 0 Å². The molecule has 1 saturated heterocycles. The highest BCUT2D eigenvalue weighted by Gasteiger charge is 2.40. The fraction of sp³-hybridized carbons (Fsp3) is 0.632. The maximum atomic E-state index is 12.5. The van der Waals surface area contributed by atoms with Crippen molar-refractivity contribution in [1.29, 1.82) is 0 Å². The molecular formula is C19H28N2O3. The van der Waals surface area contributed by atoms with Gasteiger partial charge in [-0.25, -0.2) is 4.79 Å². The number of phenols is 1. The Morgan fingerprint density at radius 1 is 1.33 bits per heavy atom. The number of amides is 2. The minimum Gasteiger partial charge on any atom is -0.508 e. The summed E-state index contributed by atoms with van der Waals surface area (Å²) in [5, 5.41) is 12.4. The first-order valence-corrected chi connectivity index (χ1v) is 9.04. The van der Waals surface area contributed by atoms with Gasteiger partial charge in [0.25, 0.3) is 0 Å². The molecule has 2 amide bonds. The van der Waals surface area contributed by atoms with E-state index in [4.69, 9.17) is 4.74 Å². The van der Waals surface area contributed by atoms with Crippen molar-refractivity contribution in [1.82, 2.24) is 10.2 Å². The molecule has 5 heteroatoms. The number of carbonyl (C=O) groups is 1. The molecule has 24 heavy (non-hydrogen) atoms. The summed E-state index contributed by atoms with van der Waals surface area (Å²) in [5.41, 5.74) is 1.09. The zero-order valence-corrected chi connectivity index (χ0v) is 14.5. The Balaban J connectivity index is 1.46. The van der Waals surface area contributed by atoms with E-state index in [0.29, 0.717) is 13.2 Å². The number of hydrogen-bond donors (Lipinski definition) is 2. The number of nitrogens with zero attached hydrogens (tertiary/aromatic N) is 1. The highest BCUT2D eigenvalue weighted by atomic mass is 16.5. The molecule has 1 atom stereocenters. The van der Waals surface area contributed by atoms with Gasteiger partial charge in [-0.2, -0.15) is 0 Å². The summed E-state index contributed by atoms with van der Waals surface area (Å²) in [4.78, 5) is 14.5. The van der Waals surface area contributed by atoms with Crippen LogP contribution in [0.15, 0.2) is 24.3 Å². The third kappa shape index (κ3) is 4.20. The Labute approximate surface area is 144 Å². The number of hydrogen-bond acceptors (Lipinski definition) is 3. The number of benzene rings is 1. The number of morpholine rings is 1. The summed E-state index contributed by atoms with van der Waals surface area (Å²) >= 11 is 0. The maximum absolute atomic E-state index is 12.5. The van der Waals surface area contributed by atoms with Crippen molar-refractivity contribution in [3.63, 3.8) is 0 Å². The van der Waals surface area contributed by atoms with Crippen LogP contribution in [0, 0.1) is 0 Å². The van der Waals surface area contributed by atoms with Gasteiger partial charge in [0.2, 0.25) is 0 Å². The third-order valence-electron chi connectivity index (χ3n) is 5.22. The van der Waals surface area contributed by atoms with E-state index in [1.165, 1.54) is 18.4 Å². The average Bonchev–Trinajstić information content (AvgIpc) is 3.02. The minimum absolute atomic E-state index is 0.0304. The molecule has 0 aromatic heterocycles. The van der Waals surface area contributed by atoms with E-state index in [0.717, 1.165) is 32.2 Å². The SMILES string of the molecule is C[C@@H](CCc1ccc(O)cc1)NC(=O)N1CCOC2(CCCC2)C1. The molecule has 3 rings (SSSR count). The molecule has 2 fully saturated rings. The van der Waals surface area contributed by atoms with Crippen LogP contribution in [0.1, 0.15) is 44.6 Å². The van der Waals surface area contributed by atoms with Crippen LogP contribution in [-0.4, -0.2) is 47.4 Å². The van der Waals surface area contributed by atoms with E-state index in [1.54, 1.807) is 12.1 Å². The van der Waals surface area contributed by atoms with Crippen molar-refractivity contribution in [2.45, 2.75) is 57.1 Å². The molecule has 0 bridgehead atoms. The molecule has 1 aromatic carbocycles. The quantitative estimate of drug-likeness (QED) is 0.891. The van der Waals surface area contributed by atoms with Crippen LogP contribution in [0.3, 0.4) is 0 Å². The molecule has 0 radical (unpaired) electrons. The summed E-state index contributed by atoms with van der Waals surface area (Å²) < 4.78 is 5.98. The first-order chi connectivity index (χ1) is 11.6. The normalized spacial score (nSPS) is 21.0. The standard InChI is InChI=1S/C19H28N2O3/c1-15(4-5-16-6-8-17(22)9-7-16)20-18(23)21-12-13-24-19(14-21)10-2-3-11-19/h6-9,15,22H,2-5,10-14H2,1H3,(H,20,23)/t15-/m0/s1. The Morgan fingerprint density at radius 2 is 2.04 bits per heavy atom. The second-order valence-corrected chi connectivity index (χ2v) is 7.22. The molecule has 0 unspecified atom stereocenters. The predicted octanol–water partition coefficient (Wildman–Crippen LogP) is 3.07. The first kappa shape index (κ1) is 17.1. The van der Waals surface area contributed by atoms with Crippen LogP contribution in [0.2, 0.25) is 0 Å². The Bertz CT molecular complexity index is 552. The molecule has 1 spiro atoms. The van der Waals surface area contributed by atoms with Gasteiger partial charge in [-0.3, -0.25) is 0 Å². The first-order valence-electron chi connectivity index (χ1n) is 9.04. The molecule has 1 heterocycles. The van der Waals surface area contributed by atoms with Gasteiger partial charge in [-0.1, -0.05) is 25.0 Å². The van der Waals surface area contributed by atoms with Gasteiger partial charge in [0.15, 0.2) is 0 Å². The molecule has 132 valence electrons. The zero-order chi connectivity index (χ0) is 17.0. The lowest BCUT2D eigenvalue weighted by molar-refractivity contribution is -0.0927. The number of nitrogens with one attached hydrogen (secondary N) is 1. The number of carbonyl (C=O) groups excluding carboxylic acids is 1. The maximum Gasteiger partial charge on any atom is 0.317 e. The Hall–Kier alpha value is -1.75. The van der Waals surface area contributed by atoms with E-state index in [1.807, 2.05) is 24.0 Å². The minimum atomic E-state index is -0.0785. The Kier molecular flexibility index (Phi) is 5.29. The van der Waals surface area contributed by atoms with Gasteiger partial charge in [0.1, 0.15) is 5.75 Å². The lowest BCUT2D eigenvalue weighted by Gasteiger charge is -2.40. The summed E-state index contributed by atoms with van der Waals surface area (Å²) in [6, 6.07) is 7.41. The fourth-order valence-corrected chi connectivity index (χ4v) is 3.76. The molecule has 1 saturated carbocycles. The zero-order valence-electron chi connectivity index (χ0n) is 14.5. The van der Waals surface area contributed by atoms with E-state index >= 15 is 0 Å². The second kappa shape index (κ2) is 7.43. The third-order valence-corrected chi connectivity index (χ3v) is 5.22. The van der Waals surface area contributed by atoms with E-state index in [2.05, 4.69) is 5.32 Å². The molecule has 1 aromatic rings. The Morgan fingerprint density at radius 3 is 2.75 bits per heavy atom. The monoisotopic (exact) mass is 332 g/mol. The number of ether oxygens (including phenoxy) is 1. The smallest absolute Gasteiger partial charge is 0.317 e.